The molecule has 1 aromatic rings. The smallest absolute Gasteiger partial charge is 0.206 e. The quantitative estimate of drug-likeness (QED) is 0.599. The van der Waals surface area contributed by atoms with Gasteiger partial charge in [-0.1, -0.05) is 30.3 Å². The number of hydrogen-bond donors (Lipinski definition) is 1. The van der Waals surface area contributed by atoms with Crippen LogP contribution in [0.15, 0.2) is 35.4 Å². The normalized spacial score (nSPS) is 12.6. The summed E-state index contributed by atoms with van der Waals surface area (Å²) in [5.41, 5.74) is 1.53. The molecule has 0 heterocycles. The summed E-state index contributed by atoms with van der Waals surface area (Å²) in [6.45, 7) is 1.74. The van der Waals surface area contributed by atoms with Crippen molar-refractivity contribution in [2.75, 3.05) is 6.26 Å². The Balaban J connectivity index is 2.81. The summed E-state index contributed by atoms with van der Waals surface area (Å²) in [5, 5.41) is 3.74. The Morgan fingerprint density at radius 1 is 1.29 bits per heavy atom. The topological polar surface area (TPSA) is 58.5 Å². The second kappa shape index (κ2) is 4.23. The van der Waals surface area contributed by atoms with Crippen molar-refractivity contribution < 1.29 is 8.42 Å². The first-order valence-corrected chi connectivity index (χ1v) is 5.95. The lowest BCUT2D eigenvalue weighted by Gasteiger charge is -2.00. The zero-order chi connectivity index (χ0) is 10.6. The molecule has 1 rings (SSSR count). The third-order valence-electron chi connectivity index (χ3n) is 1.57. The first-order chi connectivity index (χ1) is 6.49. The molecule has 0 aliphatic carbocycles. The van der Waals surface area contributed by atoms with Gasteiger partial charge in [0.2, 0.25) is 10.0 Å². The van der Waals surface area contributed by atoms with Crippen molar-refractivity contribution >= 4 is 15.7 Å². The summed E-state index contributed by atoms with van der Waals surface area (Å²) >= 11 is 0. The second-order valence-electron chi connectivity index (χ2n) is 2.93. The molecule has 0 aliphatic heterocycles. The Bertz CT molecular complexity index is 423. The molecule has 0 fully saturated rings. The van der Waals surface area contributed by atoms with Gasteiger partial charge in [-0.3, -0.25) is 0 Å². The molecular weight excluding hydrogens is 200 g/mol. The van der Waals surface area contributed by atoms with E-state index in [4.69, 9.17) is 0 Å². The Hall–Kier alpha value is -1.36. The van der Waals surface area contributed by atoms with Crippen molar-refractivity contribution in [3.8, 4) is 0 Å². The molecule has 5 heteroatoms. The van der Waals surface area contributed by atoms with E-state index in [2.05, 4.69) is 9.93 Å². The molecular formula is C9H12N2O2S. The average molecular weight is 212 g/mol. The summed E-state index contributed by atoms with van der Waals surface area (Å²) in [6.07, 6.45) is 1.06. The van der Waals surface area contributed by atoms with E-state index in [1.165, 1.54) is 0 Å². The molecule has 0 aromatic heterocycles. The highest BCUT2D eigenvalue weighted by atomic mass is 32.2. The second-order valence-corrected chi connectivity index (χ2v) is 4.65. The third kappa shape index (κ3) is 3.57. The highest BCUT2D eigenvalue weighted by molar-refractivity contribution is 7.88. The van der Waals surface area contributed by atoms with Crippen LogP contribution in [0.3, 0.4) is 0 Å². The first-order valence-electron chi connectivity index (χ1n) is 4.05. The highest BCUT2D eigenvalue weighted by Crippen LogP contribution is 1.99. The van der Waals surface area contributed by atoms with Gasteiger partial charge in [0, 0.05) is 0 Å². The van der Waals surface area contributed by atoms with Crippen LogP contribution in [-0.4, -0.2) is 20.4 Å². The van der Waals surface area contributed by atoms with Crippen molar-refractivity contribution in [3.05, 3.63) is 35.9 Å². The van der Waals surface area contributed by atoms with Crippen molar-refractivity contribution in [1.29, 1.82) is 0 Å². The molecule has 4 nitrogen and oxygen atoms in total. The van der Waals surface area contributed by atoms with E-state index in [9.17, 15) is 8.42 Å². The third-order valence-corrected chi connectivity index (χ3v) is 1.99. The van der Waals surface area contributed by atoms with E-state index in [-0.39, 0.29) is 0 Å². The minimum atomic E-state index is -3.26. The molecule has 0 spiro atoms. The molecule has 14 heavy (non-hydrogen) atoms. The lowest BCUT2D eigenvalue weighted by molar-refractivity contribution is 0.590. The van der Waals surface area contributed by atoms with Crippen molar-refractivity contribution in [2.24, 2.45) is 5.10 Å². The van der Waals surface area contributed by atoms with E-state index in [1.54, 1.807) is 6.92 Å². The van der Waals surface area contributed by atoms with Gasteiger partial charge in [-0.25, -0.2) is 13.2 Å². The molecule has 76 valence electrons. The highest BCUT2D eigenvalue weighted by Gasteiger charge is 1.98. The van der Waals surface area contributed by atoms with E-state index in [0.29, 0.717) is 5.71 Å². The zero-order valence-electron chi connectivity index (χ0n) is 8.06. The van der Waals surface area contributed by atoms with Crippen molar-refractivity contribution in [1.82, 2.24) is 4.83 Å². The number of benzene rings is 1. The van der Waals surface area contributed by atoms with E-state index in [1.807, 2.05) is 30.3 Å². The Morgan fingerprint density at radius 2 is 1.86 bits per heavy atom. The largest absolute Gasteiger partial charge is 0.244 e. The van der Waals surface area contributed by atoms with Gasteiger partial charge in [0.15, 0.2) is 0 Å². The van der Waals surface area contributed by atoms with Crippen LogP contribution < -0.4 is 4.83 Å². The number of sulfonamides is 1. The molecule has 0 atom stereocenters. The maximum absolute atomic E-state index is 10.7. The van der Waals surface area contributed by atoms with Gasteiger partial charge in [0.25, 0.3) is 0 Å². The Kier molecular flexibility index (Phi) is 3.24. The van der Waals surface area contributed by atoms with Gasteiger partial charge in [-0.15, -0.1) is 0 Å². The van der Waals surface area contributed by atoms with Crippen LogP contribution in [0.25, 0.3) is 0 Å². The summed E-state index contributed by atoms with van der Waals surface area (Å²) in [6, 6.07) is 9.36. The predicted octanol–water partition coefficient (Wildman–Crippen LogP) is 0.960. The summed E-state index contributed by atoms with van der Waals surface area (Å²) in [7, 11) is -3.26. The van der Waals surface area contributed by atoms with Crippen LogP contribution >= 0.6 is 0 Å². The fourth-order valence-electron chi connectivity index (χ4n) is 0.895. The predicted molar refractivity (Wildman–Crippen MR) is 56.6 cm³/mol. The van der Waals surface area contributed by atoms with Gasteiger partial charge in [0.1, 0.15) is 0 Å². The molecule has 1 N–H and O–H groups in total. The minimum Gasteiger partial charge on any atom is -0.206 e. The SMILES string of the molecule is C/C(=N/NS(C)(=O)=O)c1ccccc1. The van der Waals surface area contributed by atoms with Crippen LogP contribution in [0.4, 0.5) is 0 Å². The number of nitrogens with zero attached hydrogens (tertiary/aromatic N) is 1. The van der Waals surface area contributed by atoms with Crippen molar-refractivity contribution in [2.45, 2.75) is 6.92 Å². The fraction of sp³-hybridized carbons (Fsp3) is 0.222. The Morgan fingerprint density at radius 3 is 2.36 bits per heavy atom. The number of rotatable bonds is 3. The minimum absolute atomic E-state index is 0.635. The molecule has 0 radical (unpaired) electrons. The molecule has 0 aliphatic rings. The number of hydrogen-bond acceptors (Lipinski definition) is 3. The van der Waals surface area contributed by atoms with E-state index in [0.717, 1.165) is 11.8 Å². The van der Waals surface area contributed by atoms with Gasteiger partial charge < -0.3 is 0 Å². The van der Waals surface area contributed by atoms with Crippen LogP contribution in [0.5, 0.6) is 0 Å². The number of nitrogens with one attached hydrogen (secondary N) is 1. The fourth-order valence-corrected chi connectivity index (χ4v) is 1.20. The van der Waals surface area contributed by atoms with E-state index < -0.39 is 10.0 Å². The van der Waals surface area contributed by atoms with E-state index >= 15 is 0 Å². The van der Waals surface area contributed by atoms with Crippen LogP contribution in [0.1, 0.15) is 12.5 Å². The maximum atomic E-state index is 10.7. The van der Waals surface area contributed by atoms with Gasteiger partial charge in [-0.2, -0.15) is 5.10 Å². The van der Waals surface area contributed by atoms with Gasteiger partial charge >= 0.3 is 0 Å². The summed E-state index contributed by atoms with van der Waals surface area (Å²) in [5.74, 6) is 0. The monoisotopic (exact) mass is 212 g/mol. The molecule has 0 amide bonds. The summed E-state index contributed by atoms with van der Waals surface area (Å²) < 4.78 is 21.5. The average Bonchev–Trinajstić information content (AvgIpc) is 2.14. The van der Waals surface area contributed by atoms with Crippen LogP contribution in [0, 0.1) is 0 Å². The molecule has 1 aromatic carbocycles. The first kappa shape index (κ1) is 10.7. The molecule has 0 saturated heterocycles. The maximum Gasteiger partial charge on any atom is 0.244 e. The van der Waals surface area contributed by atoms with Crippen LogP contribution in [0.2, 0.25) is 0 Å². The lowest BCUT2D eigenvalue weighted by atomic mass is 10.1. The van der Waals surface area contributed by atoms with Gasteiger partial charge in [0.05, 0.1) is 12.0 Å². The number of hydrazone groups is 1. The lowest BCUT2D eigenvalue weighted by Crippen LogP contribution is -2.17. The summed E-state index contributed by atoms with van der Waals surface area (Å²) in [4.78, 5) is 2.08. The van der Waals surface area contributed by atoms with Gasteiger partial charge in [-0.05, 0) is 12.5 Å². The molecule has 0 saturated carbocycles. The van der Waals surface area contributed by atoms with Crippen LogP contribution in [-0.2, 0) is 10.0 Å². The molecule has 0 bridgehead atoms. The molecule has 0 unspecified atom stereocenters. The Labute approximate surface area is 83.7 Å². The zero-order valence-corrected chi connectivity index (χ0v) is 8.88. The van der Waals surface area contributed by atoms with Crippen molar-refractivity contribution in [3.63, 3.8) is 0 Å². The standard InChI is InChI=1S/C9H12N2O2S/c1-8(10-11-14(2,12)13)9-6-4-3-5-7-9/h3-7,11H,1-2H3/b10-8-.